The minimum absolute atomic E-state index is 0.229. The van der Waals surface area contributed by atoms with Crippen LogP contribution in [0.5, 0.6) is 0 Å². The van der Waals surface area contributed by atoms with Crippen molar-refractivity contribution in [2.45, 2.75) is 32.0 Å². The van der Waals surface area contributed by atoms with Crippen molar-refractivity contribution in [3.05, 3.63) is 55.0 Å². The Hall–Kier alpha value is -1.70. The van der Waals surface area contributed by atoms with Gasteiger partial charge in [-0.1, -0.05) is 0 Å². The molecule has 0 spiro atoms. The van der Waals surface area contributed by atoms with Crippen LogP contribution in [0.4, 0.5) is 0 Å². The highest BCUT2D eigenvalue weighted by Crippen LogP contribution is 2.17. The summed E-state index contributed by atoms with van der Waals surface area (Å²) in [5, 5.41) is 4.16. The Morgan fingerprint density at radius 2 is 2.23 bits per heavy atom. The van der Waals surface area contributed by atoms with Crippen LogP contribution >= 0.6 is 11.3 Å². The van der Waals surface area contributed by atoms with Crippen LogP contribution in [-0.4, -0.2) is 34.1 Å². The fourth-order valence-corrected chi connectivity index (χ4v) is 3.41. The molecule has 118 valence electrons. The number of thiophene rings is 1. The quantitative estimate of drug-likeness (QED) is 0.841. The molecule has 3 heterocycles. The first kappa shape index (κ1) is 15.2. The van der Waals surface area contributed by atoms with Crippen LogP contribution in [0.25, 0.3) is 0 Å². The largest absolute Gasteiger partial charge is 0.377 e. The van der Waals surface area contributed by atoms with Gasteiger partial charge in [0.1, 0.15) is 0 Å². The van der Waals surface area contributed by atoms with Crippen molar-refractivity contribution < 1.29 is 4.74 Å². The second-order valence-corrected chi connectivity index (χ2v) is 6.33. The van der Waals surface area contributed by atoms with Gasteiger partial charge < -0.3 is 9.72 Å². The lowest BCUT2D eigenvalue weighted by molar-refractivity contribution is 0.0675. The molecule has 6 nitrogen and oxygen atoms in total. The molecule has 0 aromatic carbocycles. The van der Waals surface area contributed by atoms with E-state index in [-0.39, 0.29) is 11.7 Å². The van der Waals surface area contributed by atoms with Crippen LogP contribution in [0.2, 0.25) is 0 Å². The van der Waals surface area contributed by atoms with Crippen molar-refractivity contribution in [1.82, 2.24) is 14.9 Å². The predicted octanol–water partition coefficient (Wildman–Crippen LogP) is 1.31. The third-order valence-electron chi connectivity index (χ3n) is 3.68. The summed E-state index contributed by atoms with van der Waals surface area (Å²) >= 11 is 1.66. The standard InChI is InChI=1S/C15H19N3O3S/c19-14-6-12(16-15(20)17-14)8-18(7-11-3-5-22-10-11)9-13-2-1-4-21-13/h3,5-6,10,13H,1-2,4,7-9H2,(H2,16,17,19,20)/t13-/m0/s1. The molecule has 0 amide bonds. The number of aromatic nitrogens is 2. The van der Waals surface area contributed by atoms with E-state index in [1.54, 1.807) is 11.3 Å². The monoisotopic (exact) mass is 321 g/mol. The summed E-state index contributed by atoms with van der Waals surface area (Å²) in [5.41, 5.74) is 1.03. The average Bonchev–Trinajstić information content (AvgIpc) is 3.11. The zero-order valence-electron chi connectivity index (χ0n) is 12.2. The molecule has 1 fully saturated rings. The number of H-pyrrole nitrogens is 2. The Morgan fingerprint density at radius 1 is 1.32 bits per heavy atom. The van der Waals surface area contributed by atoms with Gasteiger partial charge in [-0.15, -0.1) is 0 Å². The minimum Gasteiger partial charge on any atom is -0.377 e. The van der Waals surface area contributed by atoms with Crippen LogP contribution in [0, 0.1) is 0 Å². The topological polar surface area (TPSA) is 78.2 Å². The summed E-state index contributed by atoms with van der Waals surface area (Å²) in [6.07, 6.45) is 2.39. The molecule has 3 rings (SSSR count). The number of nitrogens with one attached hydrogen (secondary N) is 2. The molecule has 0 bridgehead atoms. The Kier molecular flexibility index (Phi) is 4.87. The molecule has 0 saturated carbocycles. The van der Waals surface area contributed by atoms with Gasteiger partial charge in [-0.3, -0.25) is 14.7 Å². The lowest BCUT2D eigenvalue weighted by Crippen LogP contribution is -2.33. The van der Waals surface area contributed by atoms with Gasteiger partial charge in [0.15, 0.2) is 0 Å². The molecule has 2 aromatic rings. The van der Waals surface area contributed by atoms with Crippen molar-refractivity contribution in [3.63, 3.8) is 0 Å². The van der Waals surface area contributed by atoms with Crippen molar-refractivity contribution in [1.29, 1.82) is 0 Å². The first-order valence-corrected chi connectivity index (χ1v) is 8.31. The first-order chi connectivity index (χ1) is 10.7. The number of ether oxygens (including phenoxy) is 1. The van der Waals surface area contributed by atoms with Crippen LogP contribution in [-0.2, 0) is 17.8 Å². The predicted molar refractivity (Wildman–Crippen MR) is 85.1 cm³/mol. The lowest BCUT2D eigenvalue weighted by Gasteiger charge is -2.24. The fourth-order valence-electron chi connectivity index (χ4n) is 2.75. The normalized spacial score (nSPS) is 18.1. The van der Waals surface area contributed by atoms with Crippen LogP contribution in [0.15, 0.2) is 32.5 Å². The Balaban J connectivity index is 1.74. The summed E-state index contributed by atoms with van der Waals surface area (Å²) in [6, 6.07) is 3.53. The van der Waals surface area contributed by atoms with E-state index in [1.165, 1.54) is 11.6 Å². The van der Waals surface area contributed by atoms with Gasteiger partial charge in [-0.25, -0.2) is 4.79 Å². The van der Waals surface area contributed by atoms with Gasteiger partial charge in [-0.2, -0.15) is 11.3 Å². The number of nitrogens with zero attached hydrogens (tertiary/aromatic N) is 1. The van der Waals surface area contributed by atoms with Crippen LogP contribution in [0.3, 0.4) is 0 Å². The van der Waals surface area contributed by atoms with Crippen LogP contribution < -0.4 is 11.2 Å². The van der Waals surface area contributed by atoms with Gasteiger partial charge in [-0.05, 0) is 35.2 Å². The zero-order valence-corrected chi connectivity index (χ0v) is 13.0. The van der Waals surface area contributed by atoms with Crippen molar-refractivity contribution in [3.8, 4) is 0 Å². The van der Waals surface area contributed by atoms with Gasteiger partial charge in [0.25, 0.3) is 5.56 Å². The maximum atomic E-state index is 11.4. The third kappa shape index (κ3) is 4.16. The van der Waals surface area contributed by atoms with E-state index in [2.05, 4.69) is 31.7 Å². The molecule has 22 heavy (non-hydrogen) atoms. The molecule has 0 aliphatic carbocycles. The van der Waals surface area contributed by atoms with Crippen molar-refractivity contribution in [2.24, 2.45) is 0 Å². The lowest BCUT2D eigenvalue weighted by atomic mass is 10.2. The summed E-state index contributed by atoms with van der Waals surface area (Å²) < 4.78 is 5.71. The number of aromatic amines is 2. The Labute approximate surface area is 131 Å². The van der Waals surface area contributed by atoms with Crippen molar-refractivity contribution in [2.75, 3.05) is 13.2 Å². The van der Waals surface area contributed by atoms with Gasteiger partial charge in [0.2, 0.25) is 0 Å². The van der Waals surface area contributed by atoms with Gasteiger partial charge in [0, 0.05) is 38.0 Å². The second-order valence-electron chi connectivity index (χ2n) is 5.55. The van der Waals surface area contributed by atoms with E-state index < -0.39 is 5.69 Å². The molecule has 0 unspecified atom stereocenters. The SMILES string of the molecule is O=c1cc(CN(Cc2ccsc2)C[C@@H]2CCCO2)[nH]c(=O)[nH]1. The maximum Gasteiger partial charge on any atom is 0.325 e. The van der Waals surface area contributed by atoms with E-state index in [9.17, 15) is 9.59 Å². The highest BCUT2D eigenvalue weighted by molar-refractivity contribution is 7.07. The molecule has 7 heteroatoms. The summed E-state index contributed by atoms with van der Waals surface area (Å²) in [7, 11) is 0. The molecule has 2 N–H and O–H groups in total. The Morgan fingerprint density at radius 3 is 2.91 bits per heavy atom. The highest BCUT2D eigenvalue weighted by Gasteiger charge is 2.20. The summed E-state index contributed by atoms with van der Waals surface area (Å²) in [4.78, 5) is 29.9. The third-order valence-corrected chi connectivity index (χ3v) is 4.41. The molecule has 2 aromatic heterocycles. The zero-order chi connectivity index (χ0) is 15.4. The molecule has 0 radical (unpaired) electrons. The minimum atomic E-state index is -0.463. The number of rotatable bonds is 6. The first-order valence-electron chi connectivity index (χ1n) is 7.36. The highest BCUT2D eigenvalue weighted by atomic mass is 32.1. The van der Waals surface area contributed by atoms with Gasteiger partial charge in [0.05, 0.1) is 6.10 Å². The Bertz CT molecular complexity index is 673. The molecular weight excluding hydrogens is 302 g/mol. The second kappa shape index (κ2) is 7.04. The molecule has 1 atom stereocenters. The van der Waals surface area contributed by atoms with Gasteiger partial charge >= 0.3 is 5.69 Å². The van der Waals surface area contributed by atoms with E-state index in [0.29, 0.717) is 12.2 Å². The molecule has 1 saturated heterocycles. The average molecular weight is 321 g/mol. The molecule has 1 aliphatic rings. The van der Waals surface area contributed by atoms with E-state index in [4.69, 9.17) is 4.74 Å². The van der Waals surface area contributed by atoms with E-state index in [0.717, 1.165) is 32.5 Å². The van der Waals surface area contributed by atoms with E-state index in [1.807, 2.05) is 0 Å². The van der Waals surface area contributed by atoms with Crippen LogP contribution in [0.1, 0.15) is 24.1 Å². The molecule has 1 aliphatic heterocycles. The summed E-state index contributed by atoms with van der Waals surface area (Å²) in [6.45, 7) is 2.91. The summed E-state index contributed by atoms with van der Waals surface area (Å²) in [5.74, 6) is 0. The van der Waals surface area contributed by atoms with E-state index >= 15 is 0 Å². The fraction of sp³-hybridized carbons (Fsp3) is 0.467. The number of hydrogen-bond donors (Lipinski definition) is 2. The van der Waals surface area contributed by atoms with Crippen molar-refractivity contribution >= 4 is 11.3 Å². The maximum absolute atomic E-state index is 11.4. The number of hydrogen-bond acceptors (Lipinski definition) is 5. The smallest absolute Gasteiger partial charge is 0.325 e. The molecular formula is C15H19N3O3S.